The Balaban J connectivity index is 2.06. The summed E-state index contributed by atoms with van der Waals surface area (Å²) in [5.74, 6) is -0.452. The van der Waals surface area contributed by atoms with E-state index in [0.717, 1.165) is 5.56 Å². The van der Waals surface area contributed by atoms with Gasteiger partial charge in [-0.25, -0.2) is 4.39 Å². The number of hydrogen-bond donors (Lipinski definition) is 0. The molecule has 0 unspecified atom stereocenters. The SMILES string of the molecule is N#CC1(C2(c3ccc(F)c(Cl)c3)COC2)COC1. The van der Waals surface area contributed by atoms with E-state index in [1.807, 2.05) is 0 Å². The highest BCUT2D eigenvalue weighted by Crippen LogP contribution is 2.51. The zero-order valence-electron chi connectivity index (χ0n) is 9.58. The molecule has 0 N–H and O–H groups in total. The lowest BCUT2D eigenvalue weighted by molar-refractivity contribution is -0.201. The van der Waals surface area contributed by atoms with Gasteiger partial charge >= 0.3 is 0 Å². The van der Waals surface area contributed by atoms with Gasteiger partial charge in [0.2, 0.25) is 0 Å². The maximum absolute atomic E-state index is 13.2. The van der Waals surface area contributed by atoms with Crippen molar-refractivity contribution in [3.8, 4) is 6.07 Å². The summed E-state index contributed by atoms with van der Waals surface area (Å²) >= 11 is 5.83. The van der Waals surface area contributed by atoms with E-state index in [9.17, 15) is 9.65 Å². The number of nitriles is 1. The van der Waals surface area contributed by atoms with Gasteiger partial charge in [0.25, 0.3) is 0 Å². The molecule has 0 amide bonds. The van der Waals surface area contributed by atoms with E-state index < -0.39 is 16.6 Å². The molecular weight excluding hydrogens is 257 g/mol. The monoisotopic (exact) mass is 267 g/mol. The van der Waals surface area contributed by atoms with E-state index in [0.29, 0.717) is 26.4 Å². The molecule has 1 aromatic rings. The van der Waals surface area contributed by atoms with E-state index in [4.69, 9.17) is 21.1 Å². The second-order valence-corrected chi connectivity index (χ2v) is 5.30. The molecule has 0 saturated carbocycles. The van der Waals surface area contributed by atoms with Gasteiger partial charge in [-0.2, -0.15) is 5.26 Å². The lowest BCUT2D eigenvalue weighted by Gasteiger charge is -2.55. The fourth-order valence-electron chi connectivity index (χ4n) is 2.57. The summed E-state index contributed by atoms with van der Waals surface area (Å²) in [6, 6.07) is 6.96. The van der Waals surface area contributed by atoms with E-state index in [1.165, 1.54) is 6.07 Å². The Morgan fingerprint density at radius 2 is 1.89 bits per heavy atom. The number of rotatable bonds is 2. The number of benzene rings is 1. The Kier molecular flexibility index (Phi) is 2.60. The Morgan fingerprint density at radius 1 is 1.22 bits per heavy atom. The highest BCUT2D eigenvalue weighted by molar-refractivity contribution is 6.30. The molecule has 2 saturated heterocycles. The second kappa shape index (κ2) is 3.92. The zero-order valence-corrected chi connectivity index (χ0v) is 10.3. The van der Waals surface area contributed by atoms with Gasteiger partial charge in [0.05, 0.1) is 42.9 Å². The third-order valence-electron chi connectivity index (χ3n) is 4.00. The third-order valence-corrected chi connectivity index (χ3v) is 4.29. The fraction of sp³-hybridized carbons (Fsp3) is 0.462. The fourth-order valence-corrected chi connectivity index (χ4v) is 2.75. The minimum Gasteiger partial charge on any atom is -0.379 e. The van der Waals surface area contributed by atoms with Crippen LogP contribution in [0.25, 0.3) is 0 Å². The van der Waals surface area contributed by atoms with E-state index in [-0.39, 0.29) is 5.02 Å². The van der Waals surface area contributed by atoms with Gasteiger partial charge in [-0.15, -0.1) is 0 Å². The lowest BCUT2D eigenvalue weighted by Crippen LogP contribution is -2.66. The van der Waals surface area contributed by atoms with Crippen LogP contribution >= 0.6 is 11.6 Å². The molecular formula is C13H11ClFNO2. The van der Waals surface area contributed by atoms with Crippen LogP contribution in [0.3, 0.4) is 0 Å². The first-order valence-corrected chi connectivity index (χ1v) is 6.04. The molecule has 0 bridgehead atoms. The van der Waals surface area contributed by atoms with Gasteiger partial charge in [0.1, 0.15) is 11.2 Å². The predicted molar refractivity (Wildman–Crippen MR) is 62.8 cm³/mol. The third kappa shape index (κ3) is 1.36. The van der Waals surface area contributed by atoms with Crippen molar-refractivity contribution in [2.24, 2.45) is 5.41 Å². The normalized spacial score (nSPS) is 23.6. The minimum atomic E-state index is -0.577. The Labute approximate surface area is 109 Å². The van der Waals surface area contributed by atoms with E-state index >= 15 is 0 Å². The molecule has 2 heterocycles. The number of nitrogens with zero attached hydrogens (tertiary/aromatic N) is 1. The molecule has 1 aromatic carbocycles. The van der Waals surface area contributed by atoms with Crippen molar-refractivity contribution >= 4 is 11.6 Å². The quantitative estimate of drug-likeness (QED) is 0.826. The largest absolute Gasteiger partial charge is 0.379 e. The van der Waals surface area contributed by atoms with Crippen LogP contribution in [0.2, 0.25) is 5.02 Å². The van der Waals surface area contributed by atoms with Crippen LogP contribution in [0.1, 0.15) is 5.56 Å². The first-order valence-electron chi connectivity index (χ1n) is 5.66. The molecule has 3 nitrogen and oxygen atoms in total. The molecule has 0 atom stereocenters. The van der Waals surface area contributed by atoms with Gasteiger partial charge in [0.15, 0.2) is 0 Å². The summed E-state index contributed by atoms with van der Waals surface area (Å²) in [7, 11) is 0. The van der Waals surface area contributed by atoms with Gasteiger partial charge in [-0.3, -0.25) is 0 Å². The van der Waals surface area contributed by atoms with Crippen LogP contribution in [-0.2, 0) is 14.9 Å². The van der Waals surface area contributed by atoms with Crippen LogP contribution in [0.15, 0.2) is 18.2 Å². The van der Waals surface area contributed by atoms with Gasteiger partial charge in [-0.1, -0.05) is 17.7 Å². The predicted octanol–water partition coefficient (Wildman–Crippen LogP) is 2.29. The highest BCUT2D eigenvalue weighted by atomic mass is 35.5. The van der Waals surface area contributed by atoms with Crippen molar-refractivity contribution in [3.63, 3.8) is 0 Å². The first-order chi connectivity index (χ1) is 8.63. The lowest BCUT2D eigenvalue weighted by atomic mass is 9.58. The molecule has 0 aliphatic carbocycles. The summed E-state index contributed by atoms with van der Waals surface area (Å²) in [6.45, 7) is 1.68. The van der Waals surface area contributed by atoms with Gasteiger partial charge in [0, 0.05) is 0 Å². The van der Waals surface area contributed by atoms with Crippen molar-refractivity contribution in [1.29, 1.82) is 5.26 Å². The van der Waals surface area contributed by atoms with E-state index in [1.54, 1.807) is 12.1 Å². The van der Waals surface area contributed by atoms with Crippen LogP contribution < -0.4 is 0 Å². The molecule has 2 aliphatic rings. The minimum absolute atomic E-state index is 0.0760. The molecule has 94 valence electrons. The molecule has 3 rings (SSSR count). The molecule has 2 fully saturated rings. The average Bonchev–Trinajstić information content (AvgIpc) is 2.25. The standard InChI is InChI=1S/C13H11ClFNO2/c14-10-3-9(1-2-11(10)15)13(7-18-8-13)12(4-16)5-17-6-12/h1-3H,5-8H2. The highest BCUT2D eigenvalue weighted by Gasteiger charge is 2.62. The van der Waals surface area contributed by atoms with Crippen LogP contribution in [-0.4, -0.2) is 26.4 Å². The summed E-state index contributed by atoms with van der Waals surface area (Å²) in [6.07, 6.45) is 0. The van der Waals surface area contributed by atoms with Crippen LogP contribution in [0.4, 0.5) is 4.39 Å². The van der Waals surface area contributed by atoms with E-state index in [2.05, 4.69) is 6.07 Å². The van der Waals surface area contributed by atoms with Crippen molar-refractivity contribution in [3.05, 3.63) is 34.6 Å². The molecule has 5 heteroatoms. The van der Waals surface area contributed by atoms with Crippen molar-refractivity contribution in [1.82, 2.24) is 0 Å². The first kappa shape index (κ1) is 11.9. The molecule has 0 aromatic heterocycles. The van der Waals surface area contributed by atoms with Crippen LogP contribution in [0.5, 0.6) is 0 Å². The summed E-state index contributed by atoms with van der Waals surface area (Å²) in [4.78, 5) is 0. The van der Waals surface area contributed by atoms with Crippen LogP contribution in [0, 0.1) is 22.6 Å². The number of hydrogen-bond acceptors (Lipinski definition) is 3. The summed E-state index contributed by atoms with van der Waals surface area (Å²) in [5, 5.41) is 9.51. The maximum atomic E-state index is 13.2. The number of ether oxygens (including phenoxy) is 2. The second-order valence-electron chi connectivity index (χ2n) is 4.89. The number of halogens is 2. The van der Waals surface area contributed by atoms with Gasteiger partial charge in [-0.05, 0) is 17.7 Å². The van der Waals surface area contributed by atoms with Crippen molar-refractivity contribution in [2.45, 2.75) is 5.41 Å². The smallest absolute Gasteiger partial charge is 0.141 e. The molecule has 0 spiro atoms. The zero-order chi connectivity index (χ0) is 12.8. The Hall–Kier alpha value is -1.15. The van der Waals surface area contributed by atoms with Gasteiger partial charge < -0.3 is 9.47 Å². The Morgan fingerprint density at radius 3 is 2.28 bits per heavy atom. The van der Waals surface area contributed by atoms with Crippen molar-refractivity contribution in [2.75, 3.05) is 26.4 Å². The summed E-state index contributed by atoms with van der Waals surface area (Å²) in [5.41, 5.74) is -0.144. The molecule has 0 radical (unpaired) electrons. The average molecular weight is 268 g/mol. The molecule has 2 aliphatic heterocycles. The maximum Gasteiger partial charge on any atom is 0.141 e. The Bertz CT molecular complexity index is 532. The van der Waals surface area contributed by atoms with Crippen molar-refractivity contribution < 1.29 is 13.9 Å². The topological polar surface area (TPSA) is 42.2 Å². The summed E-state index contributed by atoms with van der Waals surface area (Å²) < 4.78 is 23.7. The molecule has 18 heavy (non-hydrogen) atoms.